The third-order valence-electron chi connectivity index (χ3n) is 5.05. The summed E-state index contributed by atoms with van der Waals surface area (Å²) in [6.07, 6.45) is 3.96. The maximum absolute atomic E-state index is 4.90. The second kappa shape index (κ2) is 7.61. The molecule has 3 rings (SSSR count). The molecule has 2 atom stereocenters. The van der Waals surface area contributed by atoms with E-state index in [2.05, 4.69) is 36.4 Å². The Kier molecular flexibility index (Phi) is 6.29. The van der Waals surface area contributed by atoms with Crippen molar-refractivity contribution in [3.63, 3.8) is 0 Å². The molecule has 0 spiro atoms. The smallest absolute Gasteiger partial charge is 0.0972 e. The van der Waals surface area contributed by atoms with E-state index in [4.69, 9.17) is 4.98 Å². The fraction of sp³-hybridized carbons (Fsp3) is 0.824. The van der Waals surface area contributed by atoms with Crippen LogP contribution in [0.2, 0.25) is 0 Å². The first-order chi connectivity index (χ1) is 10.1. The number of likely N-dealkylation sites (tertiary alicyclic amines) is 1. The summed E-state index contributed by atoms with van der Waals surface area (Å²) >= 11 is 1.88. The van der Waals surface area contributed by atoms with Gasteiger partial charge in [0.15, 0.2) is 0 Å². The Labute approximate surface area is 145 Å². The number of piperidine rings is 1. The van der Waals surface area contributed by atoms with Gasteiger partial charge in [0.25, 0.3) is 0 Å². The molecule has 1 aromatic rings. The molecule has 5 heteroatoms. The summed E-state index contributed by atoms with van der Waals surface area (Å²) in [7, 11) is 0. The molecule has 3 nitrogen and oxygen atoms in total. The van der Waals surface area contributed by atoms with E-state index in [9.17, 15) is 0 Å². The van der Waals surface area contributed by atoms with Crippen LogP contribution in [0.3, 0.4) is 0 Å². The van der Waals surface area contributed by atoms with Crippen molar-refractivity contribution in [3.05, 3.63) is 16.1 Å². The Morgan fingerprint density at radius 1 is 1.50 bits per heavy atom. The van der Waals surface area contributed by atoms with E-state index < -0.39 is 0 Å². The number of halogens is 1. The zero-order valence-electron chi connectivity index (χ0n) is 14.1. The van der Waals surface area contributed by atoms with Crippen molar-refractivity contribution in [1.82, 2.24) is 15.2 Å². The van der Waals surface area contributed by atoms with Gasteiger partial charge in [-0.25, -0.2) is 4.98 Å². The van der Waals surface area contributed by atoms with Crippen LogP contribution < -0.4 is 5.32 Å². The van der Waals surface area contributed by atoms with Gasteiger partial charge in [-0.15, -0.1) is 23.7 Å². The van der Waals surface area contributed by atoms with Crippen LogP contribution in [0.1, 0.15) is 62.6 Å². The minimum absolute atomic E-state index is 0. The summed E-state index contributed by atoms with van der Waals surface area (Å²) in [4.78, 5) is 7.59. The number of thiazole rings is 1. The number of nitrogens with zero attached hydrogens (tertiary/aromatic N) is 2. The van der Waals surface area contributed by atoms with Gasteiger partial charge in [0.05, 0.1) is 10.7 Å². The maximum Gasteiger partial charge on any atom is 0.0972 e. The van der Waals surface area contributed by atoms with E-state index in [1.54, 1.807) is 0 Å². The highest BCUT2D eigenvalue weighted by molar-refractivity contribution is 7.09. The highest BCUT2D eigenvalue weighted by Gasteiger charge is 2.33. The molecule has 126 valence electrons. The van der Waals surface area contributed by atoms with Crippen LogP contribution in [-0.2, 0) is 0 Å². The molecule has 1 N–H and O–H groups in total. The summed E-state index contributed by atoms with van der Waals surface area (Å²) in [6, 6.07) is 0. The summed E-state index contributed by atoms with van der Waals surface area (Å²) in [5, 5.41) is 7.16. The first kappa shape index (κ1) is 18.2. The molecule has 1 aromatic heterocycles. The third-order valence-corrected chi connectivity index (χ3v) is 6.07. The standard InChI is InChI=1S/C17H29N3S.ClH/c1-13(2)15-10-21-16(19-15)14-5-4-8-20(9-14)12-17(3)6-7-18-11-17;/h10,13-14,18H,4-9,11-12H2,1-3H3;1H. The fourth-order valence-corrected chi connectivity index (χ4v) is 4.81. The molecule has 0 aromatic carbocycles. The van der Waals surface area contributed by atoms with Crippen LogP contribution in [0.25, 0.3) is 0 Å². The summed E-state index contributed by atoms with van der Waals surface area (Å²) < 4.78 is 0. The number of hydrogen-bond acceptors (Lipinski definition) is 4. The predicted molar refractivity (Wildman–Crippen MR) is 97.5 cm³/mol. The first-order valence-electron chi connectivity index (χ1n) is 8.44. The average molecular weight is 344 g/mol. The normalized spacial score (nSPS) is 29.7. The van der Waals surface area contributed by atoms with Crippen LogP contribution in [0.4, 0.5) is 0 Å². The molecular weight excluding hydrogens is 314 g/mol. The van der Waals surface area contributed by atoms with Gasteiger partial charge >= 0.3 is 0 Å². The van der Waals surface area contributed by atoms with Crippen LogP contribution in [0, 0.1) is 5.41 Å². The Morgan fingerprint density at radius 2 is 2.32 bits per heavy atom. The zero-order valence-corrected chi connectivity index (χ0v) is 15.7. The number of rotatable bonds is 4. The lowest BCUT2D eigenvalue weighted by Gasteiger charge is -2.37. The minimum Gasteiger partial charge on any atom is -0.316 e. The summed E-state index contributed by atoms with van der Waals surface area (Å²) in [5.41, 5.74) is 1.76. The lowest BCUT2D eigenvalue weighted by molar-refractivity contribution is 0.141. The van der Waals surface area contributed by atoms with Crippen LogP contribution in [0.15, 0.2) is 5.38 Å². The molecule has 0 amide bonds. The van der Waals surface area contributed by atoms with Crippen molar-refractivity contribution in [2.75, 3.05) is 32.7 Å². The van der Waals surface area contributed by atoms with Crippen molar-refractivity contribution < 1.29 is 0 Å². The average Bonchev–Trinajstić information content (AvgIpc) is 3.08. The quantitative estimate of drug-likeness (QED) is 0.899. The van der Waals surface area contributed by atoms with Crippen LogP contribution >= 0.6 is 23.7 Å². The monoisotopic (exact) mass is 343 g/mol. The van der Waals surface area contributed by atoms with Gasteiger partial charge in [0, 0.05) is 30.9 Å². The van der Waals surface area contributed by atoms with Gasteiger partial charge in [-0.3, -0.25) is 0 Å². The van der Waals surface area contributed by atoms with Crippen LogP contribution in [-0.4, -0.2) is 42.6 Å². The van der Waals surface area contributed by atoms with Crippen molar-refractivity contribution in [2.24, 2.45) is 5.41 Å². The van der Waals surface area contributed by atoms with Gasteiger partial charge in [-0.2, -0.15) is 0 Å². The maximum atomic E-state index is 4.90. The number of aromatic nitrogens is 1. The topological polar surface area (TPSA) is 28.2 Å². The Hall–Kier alpha value is -0.160. The van der Waals surface area contributed by atoms with Gasteiger partial charge in [-0.1, -0.05) is 20.8 Å². The molecule has 0 radical (unpaired) electrons. The molecule has 2 fully saturated rings. The SMILES string of the molecule is CC(C)c1csc(C2CCCN(CC3(C)CCNC3)C2)n1.Cl. The highest BCUT2D eigenvalue weighted by atomic mass is 35.5. The minimum atomic E-state index is 0. The molecular formula is C17H30ClN3S. The molecule has 2 aliphatic heterocycles. The van der Waals surface area contributed by atoms with E-state index in [1.807, 2.05) is 11.3 Å². The third kappa shape index (κ3) is 4.22. The summed E-state index contributed by atoms with van der Waals surface area (Å²) in [6.45, 7) is 13.0. The highest BCUT2D eigenvalue weighted by Crippen LogP contribution is 2.33. The second-order valence-corrected chi connectivity index (χ2v) is 8.47. The van der Waals surface area contributed by atoms with E-state index in [-0.39, 0.29) is 12.4 Å². The van der Waals surface area contributed by atoms with Gasteiger partial charge in [0.2, 0.25) is 0 Å². The largest absolute Gasteiger partial charge is 0.316 e. The predicted octanol–water partition coefficient (Wildman–Crippen LogP) is 3.87. The van der Waals surface area contributed by atoms with Gasteiger partial charge in [0.1, 0.15) is 0 Å². The van der Waals surface area contributed by atoms with E-state index in [0.29, 0.717) is 17.3 Å². The zero-order chi connectivity index (χ0) is 14.9. The molecule has 2 unspecified atom stereocenters. The van der Waals surface area contributed by atoms with Crippen molar-refractivity contribution >= 4 is 23.7 Å². The fourth-order valence-electron chi connectivity index (χ4n) is 3.70. The molecule has 0 aliphatic carbocycles. The van der Waals surface area contributed by atoms with Crippen molar-refractivity contribution in [2.45, 2.75) is 51.9 Å². The molecule has 2 saturated heterocycles. The van der Waals surface area contributed by atoms with Crippen molar-refractivity contribution in [1.29, 1.82) is 0 Å². The van der Waals surface area contributed by atoms with Gasteiger partial charge < -0.3 is 10.2 Å². The Morgan fingerprint density at radius 3 is 2.95 bits per heavy atom. The first-order valence-corrected chi connectivity index (χ1v) is 9.32. The summed E-state index contributed by atoms with van der Waals surface area (Å²) in [5.74, 6) is 1.22. The number of nitrogens with one attached hydrogen (secondary N) is 1. The van der Waals surface area contributed by atoms with E-state index >= 15 is 0 Å². The molecule has 0 bridgehead atoms. The van der Waals surface area contributed by atoms with Crippen molar-refractivity contribution in [3.8, 4) is 0 Å². The molecule has 22 heavy (non-hydrogen) atoms. The van der Waals surface area contributed by atoms with Crippen LogP contribution in [0.5, 0.6) is 0 Å². The van der Waals surface area contributed by atoms with E-state index in [1.165, 1.54) is 62.7 Å². The van der Waals surface area contributed by atoms with E-state index in [0.717, 1.165) is 0 Å². The molecule has 2 aliphatic rings. The van der Waals surface area contributed by atoms with Gasteiger partial charge in [-0.05, 0) is 43.7 Å². The molecule has 0 saturated carbocycles. The molecule has 3 heterocycles. The Bertz CT molecular complexity index is 468. The second-order valence-electron chi connectivity index (χ2n) is 7.58. The Balaban J connectivity index is 0.00000176. The number of hydrogen-bond donors (Lipinski definition) is 1. The lowest BCUT2D eigenvalue weighted by Crippen LogP contribution is -2.42. The lowest BCUT2D eigenvalue weighted by atomic mass is 9.87.